The zero-order valence-corrected chi connectivity index (χ0v) is 9.20. The van der Waals surface area contributed by atoms with Gasteiger partial charge in [0.15, 0.2) is 5.96 Å². The third-order valence-electron chi connectivity index (χ3n) is 2.05. The molecule has 4 nitrogen and oxygen atoms in total. The molecule has 1 heterocycles. The lowest BCUT2D eigenvalue weighted by molar-refractivity contribution is 0.127. The predicted molar refractivity (Wildman–Crippen MR) is 62.6 cm³/mol. The maximum atomic E-state index is 5.66. The monoisotopic (exact) mass is 209 g/mol. The number of nitrogens with zero attached hydrogens (tertiary/aromatic N) is 1. The summed E-state index contributed by atoms with van der Waals surface area (Å²) in [7, 11) is 0. The molecule has 0 aromatic carbocycles. The molecule has 0 saturated carbocycles. The Morgan fingerprint density at radius 2 is 2.53 bits per heavy atom. The number of guanidine groups is 1. The molecule has 15 heavy (non-hydrogen) atoms. The van der Waals surface area contributed by atoms with E-state index >= 15 is 0 Å². The number of nitrogens with one attached hydrogen (secondary N) is 1. The molecule has 0 saturated heterocycles. The van der Waals surface area contributed by atoms with E-state index in [9.17, 15) is 0 Å². The minimum atomic E-state index is 0.202. The first-order valence-electron chi connectivity index (χ1n) is 5.17. The van der Waals surface area contributed by atoms with Crippen LogP contribution in [-0.4, -0.2) is 25.2 Å². The maximum Gasteiger partial charge on any atom is 0.189 e. The second kappa shape index (κ2) is 6.11. The van der Waals surface area contributed by atoms with Gasteiger partial charge in [-0.15, -0.1) is 0 Å². The standard InChI is InChI=1S/C11H19N3O/c1-9(2)7-13-11(12)14-8-10-5-3-4-6-15-10/h4,6,10H,1,3,5,7-8H2,2H3,(H3,12,13,14). The van der Waals surface area contributed by atoms with E-state index in [2.05, 4.69) is 16.9 Å². The molecule has 84 valence electrons. The highest BCUT2D eigenvalue weighted by atomic mass is 16.5. The maximum absolute atomic E-state index is 5.66. The van der Waals surface area contributed by atoms with Gasteiger partial charge < -0.3 is 15.8 Å². The molecule has 1 aliphatic rings. The van der Waals surface area contributed by atoms with Crippen molar-refractivity contribution in [1.29, 1.82) is 0 Å². The van der Waals surface area contributed by atoms with E-state index in [1.54, 1.807) is 6.26 Å². The molecule has 0 radical (unpaired) electrons. The first-order valence-corrected chi connectivity index (χ1v) is 5.17. The topological polar surface area (TPSA) is 59.6 Å². The Hall–Kier alpha value is -1.45. The Morgan fingerprint density at radius 1 is 1.73 bits per heavy atom. The highest BCUT2D eigenvalue weighted by molar-refractivity contribution is 5.77. The largest absolute Gasteiger partial charge is 0.497 e. The van der Waals surface area contributed by atoms with Gasteiger partial charge in [0.05, 0.1) is 19.4 Å². The van der Waals surface area contributed by atoms with Crippen LogP contribution in [0.15, 0.2) is 29.5 Å². The van der Waals surface area contributed by atoms with Crippen LogP contribution in [0.1, 0.15) is 19.8 Å². The van der Waals surface area contributed by atoms with E-state index in [-0.39, 0.29) is 6.10 Å². The van der Waals surface area contributed by atoms with E-state index in [1.165, 1.54) is 0 Å². The van der Waals surface area contributed by atoms with Gasteiger partial charge in [-0.3, -0.25) is 0 Å². The number of nitrogens with two attached hydrogens (primary N) is 1. The third kappa shape index (κ3) is 5.10. The molecule has 1 aliphatic heterocycles. The Balaban J connectivity index is 2.20. The van der Waals surface area contributed by atoms with Crippen LogP contribution in [-0.2, 0) is 4.74 Å². The lowest BCUT2D eigenvalue weighted by Crippen LogP contribution is -2.38. The summed E-state index contributed by atoms with van der Waals surface area (Å²) < 4.78 is 5.38. The summed E-state index contributed by atoms with van der Waals surface area (Å²) in [6.07, 6.45) is 6.06. The van der Waals surface area contributed by atoms with Gasteiger partial charge in [-0.25, -0.2) is 4.99 Å². The number of hydrogen-bond acceptors (Lipinski definition) is 2. The summed E-state index contributed by atoms with van der Waals surface area (Å²) in [4.78, 5) is 4.12. The van der Waals surface area contributed by atoms with Crippen molar-refractivity contribution in [2.24, 2.45) is 10.7 Å². The zero-order valence-electron chi connectivity index (χ0n) is 9.20. The van der Waals surface area contributed by atoms with Gasteiger partial charge in [-0.05, 0) is 25.8 Å². The first kappa shape index (κ1) is 11.6. The van der Waals surface area contributed by atoms with E-state index in [0.29, 0.717) is 19.0 Å². The molecule has 0 aromatic heterocycles. The Kier molecular flexibility index (Phi) is 4.74. The fourth-order valence-corrected chi connectivity index (χ4v) is 1.23. The number of ether oxygens (including phenoxy) is 1. The van der Waals surface area contributed by atoms with E-state index < -0.39 is 0 Å². The number of rotatable bonds is 4. The number of aliphatic imine (C=N–C) groups is 1. The third-order valence-corrected chi connectivity index (χ3v) is 2.05. The van der Waals surface area contributed by atoms with Crippen molar-refractivity contribution in [2.45, 2.75) is 25.9 Å². The zero-order chi connectivity index (χ0) is 11.1. The van der Waals surface area contributed by atoms with E-state index in [0.717, 1.165) is 18.4 Å². The van der Waals surface area contributed by atoms with Gasteiger partial charge in [-0.1, -0.05) is 12.2 Å². The van der Waals surface area contributed by atoms with Crippen LogP contribution in [0.25, 0.3) is 0 Å². The van der Waals surface area contributed by atoms with E-state index in [4.69, 9.17) is 10.5 Å². The molecular formula is C11H19N3O. The molecule has 0 amide bonds. The molecule has 1 atom stereocenters. The molecule has 0 aliphatic carbocycles. The van der Waals surface area contributed by atoms with Gasteiger partial charge in [0.2, 0.25) is 0 Å². The highest BCUT2D eigenvalue weighted by Crippen LogP contribution is 2.08. The highest BCUT2D eigenvalue weighted by Gasteiger charge is 2.10. The molecule has 0 bridgehead atoms. The second-order valence-corrected chi connectivity index (χ2v) is 3.75. The van der Waals surface area contributed by atoms with Crippen LogP contribution in [0.2, 0.25) is 0 Å². The van der Waals surface area contributed by atoms with Gasteiger partial charge in [0.1, 0.15) is 6.10 Å². The fourth-order valence-electron chi connectivity index (χ4n) is 1.23. The Labute approximate surface area is 90.9 Å². The van der Waals surface area contributed by atoms with Gasteiger partial charge in [0, 0.05) is 0 Å². The molecule has 0 fully saturated rings. The summed E-state index contributed by atoms with van der Waals surface area (Å²) in [5, 5.41) is 3.04. The SMILES string of the molecule is C=C(C)CN=C(N)NCC1CCC=CO1. The van der Waals surface area contributed by atoms with Crippen molar-refractivity contribution in [3.63, 3.8) is 0 Å². The summed E-state index contributed by atoms with van der Waals surface area (Å²) in [6, 6.07) is 0. The lowest BCUT2D eigenvalue weighted by Gasteiger charge is -2.19. The molecule has 4 heteroatoms. The Morgan fingerprint density at radius 3 is 3.13 bits per heavy atom. The number of hydrogen-bond donors (Lipinski definition) is 2. The minimum absolute atomic E-state index is 0.202. The van der Waals surface area contributed by atoms with Crippen LogP contribution >= 0.6 is 0 Å². The van der Waals surface area contributed by atoms with Gasteiger partial charge in [0.25, 0.3) is 0 Å². The van der Waals surface area contributed by atoms with Crippen LogP contribution in [0, 0.1) is 0 Å². The molecular weight excluding hydrogens is 190 g/mol. The summed E-state index contributed by atoms with van der Waals surface area (Å²) >= 11 is 0. The molecule has 1 unspecified atom stereocenters. The Bertz CT molecular complexity index is 271. The second-order valence-electron chi connectivity index (χ2n) is 3.75. The van der Waals surface area contributed by atoms with Gasteiger partial charge >= 0.3 is 0 Å². The van der Waals surface area contributed by atoms with Crippen LogP contribution < -0.4 is 11.1 Å². The lowest BCUT2D eigenvalue weighted by atomic mass is 10.1. The minimum Gasteiger partial charge on any atom is -0.497 e. The molecule has 3 N–H and O–H groups in total. The quantitative estimate of drug-likeness (QED) is 0.415. The predicted octanol–water partition coefficient (Wildman–Crippen LogP) is 1.16. The smallest absolute Gasteiger partial charge is 0.189 e. The van der Waals surface area contributed by atoms with Crippen molar-refractivity contribution in [2.75, 3.05) is 13.1 Å². The van der Waals surface area contributed by atoms with Gasteiger partial charge in [-0.2, -0.15) is 0 Å². The van der Waals surface area contributed by atoms with Crippen molar-refractivity contribution in [1.82, 2.24) is 5.32 Å². The normalized spacial score (nSPS) is 20.9. The van der Waals surface area contributed by atoms with Crippen molar-refractivity contribution >= 4 is 5.96 Å². The summed E-state index contributed by atoms with van der Waals surface area (Å²) in [6.45, 7) is 6.95. The molecule has 0 spiro atoms. The van der Waals surface area contributed by atoms with Crippen LogP contribution in [0.4, 0.5) is 0 Å². The average molecular weight is 209 g/mol. The fraction of sp³-hybridized carbons (Fsp3) is 0.545. The van der Waals surface area contributed by atoms with Crippen molar-refractivity contribution in [3.8, 4) is 0 Å². The molecule has 1 rings (SSSR count). The van der Waals surface area contributed by atoms with Crippen molar-refractivity contribution < 1.29 is 4.74 Å². The summed E-state index contributed by atoms with van der Waals surface area (Å²) in [5.74, 6) is 0.455. The molecule has 0 aromatic rings. The first-order chi connectivity index (χ1) is 7.18. The van der Waals surface area contributed by atoms with Crippen LogP contribution in [0.3, 0.4) is 0 Å². The van der Waals surface area contributed by atoms with E-state index in [1.807, 2.05) is 13.0 Å². The van der Waals surface area contributed by atoms with Crippen LogP contribution in [0.5, 0.6) is 0 Å². The average Bonchev–Trinajstić information content (AvgIpc) is 2.25. The summed E-state index contributed by atoms with van der Waals surface area (Å²) in [5.41, 5.74) is 6.66. The number of allylic oxidation sites excluding steroid dienone is 1. The van der Waals surface area contributed by atoms with Crippen molar-refractivity contribution in [3.05, 3.63) is 24.5 Å².